The fraction of sp³-hybridized carbons (Fsp3) is 0.923. The first kappa shape index (κ1) is 12.1. The molecule has 0 bridgehead atoms. The fourth-order valence-electron chi connectivity index (χ4n) is 3.03. The van der Waals surface area contributed by atoms with Crippen LogP contribution in [-0.2, 0) is 4.79 Å². The van der Waals surface area contributed by atoms with Gasteiger partial charge in [-0.05, 0) is 38.1 Å². The topological polar surface area (TPSA) is 40.5 Å². The van der Waals surface area contributed by atoms with E-state index in [-0.39, 0.29) is 5.92 Å². The predicted octanol–water partition coefficient (Wildman–Crippen LogP) is 1.45. The lowest BCUT2D eigenvalue weighted by Gasteiger charge is -2.34. The fourth-order valence-corrected chi connectivity index (χ4v) is 3.03. The number of piperidine rings is 1. The van der Waals surface area contributed by atoms with Gasteiger partial charge in [-0.15, -0.1) is 0 Å². The van der Waals surface area contributed by atoms with E-state index in [1.54, 1.807) is 0 Å². The van der Waals surface area contributed by atoms with Crippen LogP contribution in [0.4, 0.5) is 0 Å². The minimum absolute atomic E-state index is 0.284. The van der Waals surface area contributed by atoms with Crippen molar-refractivity contribution in [2.24, 2.45) is 11.8 Å². The summed E-state index contributed by atoms with van der Waals surface area (Å²) in [5.74, 6) is 1.19. The smallest absolute Gasteiger partial charge is 0.137 e. The van der Waals surface area contributed by atoms with Crippen LogP contribution in [0.5, 0.6) is 0 Å². The molecule has 3 nitrogen and oxygen atoms in total. The minimum Gasteiger partial charge on any atom is -0.396 e. The van der Waals surface area contributed by atoms with Crippen molar-refractivity contribution in [3.63, 3.8) is 0 Å². The molecule has 2 fully saturated rings. The third-order valence-corrected chi connectivity index (χ3v) is 4.02. The first-order valence-electron chi connectivity index (χ1n) is 6.65. The van der Waals surface area contributed by atoms with E-state index < -0.39 is 0 Å². The van der Waals surface area contributed by atoms with Crippen LogP contribution >= 0.6 is 0 Å². The van der Waals surface area contributed by atoms with Gasteiger partial charge in [-0.1, -0.05) is 6.42 Å². The molecule has 1 aliphatic carbocycles. The van der Waals surface area contributed by atoms with Crippen molar-refractivity contribution in [3.8, 4) is 0 Å². The lowest BCUT2D eigenvalue weighted by molar-refractivity contribution is -0.125. The Balaban J connectivity index is 1.81. The summed E-state index contributed by atoms with van der Waals surface area (Å²) in [4.78, 5) is 14.1. The summed E-state index contributed by atoms with van der Waals surface area (Å²) < 4.78 is 0. The molecule has 92 valence electrons. The van der Waals surface area contributed by atoms with Crippen molar-refractivity contribution in [3.05, 3.63) is 0 Å². The first-order valence-corrected chi connectivity index (χ1v) is 6.65. The largest absolute Gasteiger partial charge is 0.396 e. The number of aliphatic hydroxyl groups excluding tert-OH is 1. The molecule has 1 N–H and O–H groups in total. The van der Waals surface area contributed by atoms with Gasteiger partial charge in [0.2, 0.25) is 0 Å². The Kier molecular flexibility index (Phi) is 4.36. The standard InChI is InChI=1S/C13H23NO2/c15-10-11-4-3-7-14(8-11)9-12-5-1-2-6-13(12)16/h11-12,15H,1-10H2. The molecule has 16 heavy (non-hydrogen) atoms. The number of likely N-dealkylation sites (tertiary alicyclic amines) is 1. The normalized spacial score (nSPS) is 32.9. The van der Waals surface area contributed by atoms with Crippen molar-refractivity contribution in [1.82, 2.24) is 4.90 Å². The zero-order chi connectivity index (χ0) is 11.4. The maximum atomic E-state index is 11.7. The van der Waals surface area contributed by atoms with Crippen molar-refractivity contribution in [1.29, 1.82) is 0 Å². The van der Waals surface area contributed by atoms with E-state index in [0.717, 1.165) is 45.3 Å². The van der Waals surface area contributed by atoms with Crippen LogP contribution in [0.1, 0.15) is 38.5 Å². The Morgan fingerprint density at radius 1 is 1.25 bits per heavy atom. The predicted molar refractivity (Wildman–Crippen MR) is 63.2 cm³/mol. The molecule has 0 amide bonds. The quantitative estimate of drug-likeness (QED) is 0.790. The van der Waals surface area contributed by atoms with E-state index in [1.807, 2.05) is 0 Å². The van der Waals surface area contributed by atoms with Gasteiger partial charge in [0.05, 0.1) is 0 Å². The molecule has 1 saturated heterocycles. The highest BCUT2D eigenvalue weighted by atomic mass is 16.3. The Bertz CT molecular complexity index is 242. The van der Waals surface area contributed by atoms with Gasteiger partial charge in [-0.3, -0.25) is 4.79 Å². The zero-order valence-corrected chi connectivity index (χ0v) is 10.0. The van der Waals surface area contributed by atoms with Crippen LogP contribution in [0.25, 0.3) is 0 Å². The van der Waals surface area contributed by atoms with Gasteiger partial charge >= 0.3 is 0 Å². The second-order valence-corrected chi connectivity index (χ2v) is 5.36. The molecule has 1 aliphatic heterocycles. The molecular formula is C13H23NO2. The zero-order valence-electron chi connectivity index (χ0n) is 10.0. The molecule has 1 saturated carbocycles. The molecule has 0 aromatic carbocycles. The molecule has 0 spiro atoms. The van der Waals surface area contributed by atoms with Gasteiger partial charge in [-0.2, -0.15) is 0 Å². The van der Waals surface area contributed by atoms with Crippen LogP contribution in [0, 0.1) is 11.8 Å². The highest BCUT2D eigenvalue weighted by molar-refractivity contribution is 5.81. The number of hydrogen-bond acceptors (Lipinski definition) is 3. The molecule has 2 rings (SSSR count). The lowest BCUT2D eigenvalue weighted by atomic mass is 9.87. The second-order valence-electron chi connectivity index (χ2n) is 5.36. The number of nitrogens with zero attached hydrogens (tertiary/aromatic N) is 1. The van der Waals surface area contributed by atoms with E-state index in [4.69, 9.17) is 0 Å². The van der Waals surface area contributed by atoms with E-state index in [2.05, 4.69) is 4.90 Å². The molecule has 3 heteroatoms. The van der Waals surface area contributed by atoms with Crippen LogP contribution in [-0.4, -0.2) is 42.0 Å². The number of ketones is 1. The number of Topliss-reactive ketones (excluding diaryl/α,β-unsaturated/α-hetero) is 1. The molecule has 2 atom stereocenters. The number of carbonyl (C=O) groups is 1. The number of carbonyl (C=O) groups excluding carboxylic acids is 1. The highest BCUT2D eigenvalue weighted by Gasteiger charge is 2.27. The summed E-state index contributed by atoms with van der Waals surface area (Å²) in [5.41, 5.74) is 0. The molecule has 0 radical (unpaired) electrons. The molecule has 0 aromatic rings. The number of rotatable bonds is 3. The third-order valence-electron chi connectivity index (χ3n) is 4.02. The van der Waals surface area contributed by atoms with E-state index in [1.165, 1.54) is 12.8 Å². The van der Waals surface area contributed by atoms with E-state index >= 15 is 0 Å². The SMILES string of the molecule is O=C1CCCCC1CN1CCCC(CO)C1. The third kappa shape index (κ3) is 3.05. The summed E-state index contributed by atoms with van der Waals surface area (Å²) in [6.07, 6.45) is 6.50. The van der Waals surface area contributed by atoms with Crippen molar-refractivity contribution in [2.75, 3.05) is 26.2 Å². The summed E-state index contributed by atoms with van der Waals surface area (Å²) in [6.45, 7) is 3.34. The van der Waals surface area contributed by atoms with Gasteiger partial charge in [0.25, 0.3) is 0 Å². The summed E-state index contributed by atoms with van der Waals surface area (Å²) in [7, 11) is 0. The van der Waals surface area contributed by atoms with Gasteiger partial charge < -0.3 is 10.0 Å². The van der Waals surface area contributed by atoms with E-state index in [9.17, 15) is 9.90 Å². The maximum Gasteiger partial charge on any atom is 0.137 e. The van der Waals surface area contributed by atoms with Crippen LogP contribution in [0.3, 0.4) is 0 Å². The minimum atomic E-state index is 0.284. The van der Waals surface area contributed by atoms with Gasteiger partial charge in [0.1, 0.15) is 5.78 Å². The van der Waals surface area contributed by atoms with Crippen molar-refractivity contribution in [2.45, 2.75) is 38.5 Å². The monoisotopic (exact) mass is 225 g/mol. The molecule has 2 aliphatic rings. The Morgan fingerprint density at radius 2 is 2.12 bits per heavy atom. The number of hydrogen-bond donors (Lipinski definition) is 1. The van der Waals surface area contributed by atoms with Crippen LogP contribution < -0.4 is 0 Å². The van der Waals surface area contributed by atoms with Crippen molar-refractivity contribution < 1.29 is 9.90 Å². The summed E-state index contributed by atoms with van der Waals surface area (Å²) >= 11 is 0. The van der Waals surface area contributed by atoms with Crippen LogP contribution in [0.15, 0.2) is 0 Å². The van der Waals surface area contributed by atoms with Gasteiger partial charge in [0, 0.05) is 32.0 Å². The summed E-state index contributed by atoms with van der Waals surface area (Å²) in [5, 5.41) is 9.17. The molecular weight excluding hydrogens is 202 g/mol. The Labute approximate surface area is 97.8 Å². The van der Waals surface area contributed by atoms with Gasteiger partial charge in [-0.25, -0.2) is 0 Å². The van der Waals surface area contributed by atoms with Gasteiger partial charge in [0.15, 0.2) is 0 Å². The highest BCUT2D eigenvalue weighted by Crippen LogP contribution is 2.24. The molecule has 2 unspecified atom stereocenters. The van der Waals surface area contributed by atoms with Crippen LogP contribution in [0.2, 0.25) is 0 Å². The Morgan fingerprint density at radius 3 is 2.88 bits per heavy atom. The maximum absolute atomic E-state index is 11.7. The first-order chi connectivity index (χ1) is 7.79. The number of aliphatic hydroxyl groups is 1. The average molecular weight is 225 g/mol. The molecule has 1 heterocycles. The second kappa shape index (κ2) is 5.78. The molecule has 0 aromatic heterocycles. The van der Waals surface area contributed by atoms with Crippen molar-refractivity contribution >= 4 is 5.78 Å². The Hall–Kier alpha value is -0.410. The summed E-state index contributed by atoms with van der Waals surface area (Å²) in [6, 6.07) is 0. The lowest BCUT2D eigenvalue weighted by Crippen LogP contribution is -2.41. The van der Waals surface area contributed by atoms with E-state index in [0.29, 0.717) is 18.3 Å². The average Bonchev–Trinajstić information content (AvgIpc) is 2.32.